The van der Waals surface area contributed by atoms with Gasteiger partial charge in [-0.2, -0.15) is 13.2 Å². The van der Waals surface area contributed by atoms with Crippen molar-refractivity contribution in [1.29, 1.82) is 0 Å². The first kappa shape index (κ1) is 27.2. The van der Waals surface area contributed by atoms with Crippen molar-refractivity contribution >= 4 is 23.2 Å². The van der Waals surface area contributed by atoms with E-state index >= 15 is 0 Å². The Balaban J connectivity index is 1.56. The Hall–Kier alpha value is -4.33. The minimum Gasteiger partial charge on any atom is -0.485 e. The molecule has 0 fully saturated rings. The smallest absolute Gasteiger partial charge is 0.416 e. The number of amides is 1. The maximum atomic E-state index is 14.1. The van der Waals surface area contributed by atoms with E-state index in [0.717, 1.165) is 12.1 Å². The normalized spacial score (nSPS) is 15.2. The van der Waals surface area contributed by atoms with Gasteiger partial charge in [0.2, 0.25) is 5.91 Å². The van der Waals surface area contributed by atoms with Gasteiger partial charge in [0.05, 0.1) is 28.8 Å². The van der Waals surface area contributed by atoms with Gasteiger partial charge in [-0.15, -0.1) is 0 Å². The second kappa shape index (κ2) is 9.70. The van der Waals surface area contributed by atoms with Crippen molar-refractivity contribution < 1.29 is 36.6 Å². The molecule has 1 atom stereocenters. The van der Waals surface area contributed by atoms with Gasteiger partial charge < -0.3 is 20.5 Å². The highest BCUT2D eigenvalue weighted by Crippen LogP contribution is 2.42. The van der Waals surface area contributed by atoms with Crippen molar-refractivity contribution in [3.63, 3.8) is 0 Å². The molecule has 4 heterocycles. The van der Waals surface area contributed by atoms with E-state index < -0.39 is 48.4 Å². The highest BCUT2D eigenvalue weighted by Gasteiger charge is 2.44. The number of hydrogen-bond donors (Lipinski definition) is 3. The molecule has 5 rings (SSSR count). The number of hydrogen-bond acceptors (Lipinski definition) is 7. The van der Waals surface area contributed by atoms with E-state index in [-0.39, 0.29) is 40.0 Å². The van der Waals surface area contributed by atoms with E-state index in [1.807, 2.05) is 0 Å². The van der Waals surface area contributed by atoms with Gasteiger partial charge >= 0.3 is 6.18 Å². The first-order valence-corrected chi connectivity index (χ1v) is 12.1. The number of halogens is 5. The fraction of sp³-hybridized carbons (Fsp3) is 0.308. The van der Waals surface area contributed by atoms with Crippen LogP contribution < -0.4 is 15.4 Å². The topological polar surface area (TPSA) is 114 Å². The SMILES string of the molecule is Cc1nc2c(OCc3c(F)cccc3F)cccn2c1-c1nc(NCC(O)C(F)(F)F)c2c(n1)NC(=O)C2(C)C. The Kier molecular flexibility index (Phi) is 6.60. The van der Waals surface area contributed by atoms with Crippen molar-refractivity contribution in [3.05, 3.63) is 65.0 Å². The van der Waals surface area contributed by atoms with Crippen LogP contribution in [0.4, 0.5) is 33.6 Å². The van der Waals surface area contributed by atoms with Crippen molar-refractivity contribution in [2.75, 3.05) is 17.2 Å². The van der Waals surface area contributed by atoms with Crippen LogP contribution in [-0.4, -0.2) is 49.2 Å². The summed E-state index contributed by atoms with van der Waals surface area (Å²) in [5.74, 6) is -1.72. The molecular weight excluding hydrogens is 539 g/mol. The number of ether oxygens (including phenoxy) is 1. The summed E-state index contributed by atoms with van der Waals surface area (Å²) >= 11 is 0. The summed E-state index contributed by atoms with van der Waals surface area (Å²) in [7, 11) is 0. The summed E-state index contributed by atoms with van der Waals surface area (Å²) in [6, 6.07) is 6.63. The average molecular weight is 562 g/mol. The number of nitrogens with zero attached hydrogens (tertiary/aromatic N) is 4. The van der Waals surface area contributed by atoms with Crippen LogP contribution in [-0.2, 0) is 16.8 Å². The Labute approximate surface area is 224 Å². The lowest BCUT2D eigenvalue weighted by molar-refractivity contribution is -0.198. The van der Waals surface area contributed by atoms with E-state index in [1.165, 1.54) is 6.07 Å². The number of aryl methyl sites for hydroxylation is 1. The summed E-state index contributed by atoms with van der Waals surface area (Å²) in [4.78, 5) is 26.0. The van der Waals surface area contributed by atoms with Gasteiger partial charge in [-0.25, -0.2) is 23.7 Å². The number of aliphatic hydroxyl groups is 1. The quantitative estimate of drug-likeness (QED) is 0.284. The number of aliphatic hydroxyl groups excluding tert-OH is 1. The average Bonchev–Trinajstić information content (AvgIpc) is 3.33. The number of benzene rings is 1. The van der Waals surface area contributed by atoms with Crippen LogP contribution in [0, 0.1) is 18.6 Å². The molecule has 210 valence electrons. The number of aromatic nitrogens is 4. The standard InChI is InChI=1S/C26H23F5N6O3/c1-12-19(37-9-5-8-16(23(37)33-12)40-11-13-14(27)6-4-7-15(13)28)22-34-20(32-10-17(38)26(29,30)31)18-21(35-22)36-24(39)25(18,2)3/h4-9,17,38H,10-11H2,1-3H3,(H2,32,34,35,36,39). The molecule has 4 aromatic rings. The van der Waals surface area contributed by atoms with Crippen LogP contribution in [0.15, 0.2) is 36.5 Å². The van der Waals surface area contributed by atoms with Crippen molar-refractivity contribution in [2.45, 2.75) is 45.1 Å². The van der Waals surface area contributed by atoms with E-state index in [2.05, 4.69) is 25.6 Å². The zero-order valence-corrected chi connectivity index (χ0v) is 21.4. The molecule has 0 aliphatic carbocycles. The lowest BCUT2D eigenvalue weighted by atomic mass is 9.87. The van der Waals surface area contributed by atoms with Crippen LogP contribution in [0.3, 0.4) is 0 Å². The predicted octanol–water partition coefficient (Wildman–Crippen LogP) is 4.52. The predicted molar refractivity (Wildman–Crippen MR) is 134 cm³/mol. The van der Waals surface area contributed by atoms with Crippen molar-refractivity contribution in [1.82, 2.24) is 19.4 Å². The van der Waals surface area contributed by atoms with Gasteiger partial charge in [0.1, 0.15) is 35.6 Å². The third kappa shape index (κ3) is 4.68. The monoisotopic (exact) mass is 562 g/mol. The molecule has 40 heavy (non-hydrogen) atoms. The van der Waals surface area contributed by atoms with E-state index in [0.29, 0.717) is 11.4 Å². The number of pyridine rings is 1. The highest BCUT2D eigenvalue weighted by molar-refractivity contribution is 6.06. The number of nitrogens with one attached hydrogen (secondary N) is 2. The lowest BCUT2D eigenvalue weighted by Crippen LogP contribution is -2.36. The van der Waals surface area contributed by atoms with Gasteiger partial charge in [-0.1, -0.05) is 6.07 Å². The first-order valence-electron chi connectivity index (χ1n) is 12.1. The summed E-state index contributed by atoms with van der Waals surface area (Å²) in [5.41, 5.74) is -0.182. The van der Waals surface area contributed by atoms with Gasteiger partial charge in [0.15, 0.2) is 23.3 Å². The maximum Gasteiger partial charge on any atom is 0.416 e. The van der Waals surface area contributed by atoms with Gasteiger partial charge in [-0.3, -0.25) is 9.20 Å². The minimum atomic E-state index is -4.87. The Bertz CT molecular complexity index is 1620. The Morgan fingerprint density at radius 3 is 2.50 bits per heavy atom. The number of carbonyl (C=O) groups is 1. The van der Waals surface area contributed by atoms with E-state index in [9.17, 15) is 31.9 Å². The molecule has 9 nitrogen and oxygen atoms in total. The lowest BCUT2D eigenvalue weighted by Gasteiger charge is -2.21. The molecule has 0 spiro atoms. The second-order valence-corrected chi connectivity index (χ2v) is 9.74. The molecule has 3 N–H and O–H groups in total. The largest absolute Gasteiger partial charge is 0.485 e. The van der Waals surface area contributed by atoms with Gasteiger partial charge in [0.25, 0.3) is 0 Å². The van der Waals surface area contributed by atoms with Crippen molar-refractivity contribution in [2.24, 2.45) is 0 Å². The Morgan fingerprint density at radius 2 is 1.82 bits per heavy atom. The molecule has 0 saturated carbocycles. The van der Waals surface area contributed by atoms with Gasteiger partial charge in [0, 0.05) is 6.20 Å². The summed E-state index contributed by atoms with van der Waals surface area (Å²) in [6.07, 6.45) is -5.93. The number of anilines is 2. The molecular formula is C26H23F5N6O3. The number of imidazole rings is 1. The number of carbonyl (C=O) groups excluding carboxylic acids is 1. The van der Waals surface area contributed by atoms with Crippen LogP contribution in [0.25, 0.3) is 17.2 Å². The van der Waals surface area contributed by atoms with Crippen LogP contribution in [0.5, 0.6) is 5.75 Å². The molecule has 0 radical (unpaired) electrons. The maximum absolute atomic E-state index is 14.1. The van der Waals surface area contributed by atoms with E-state index in [4.69, 9.17) is 4.74 Å². The van der Waals surface area contributed by atoms with E-state index in [1.54, 1.807) is 43.5 Å². The molecule has 1 amide bonds. The zero-order valence-electron chi connectivity index (χ0n) is 21.4. The number of fused-ring (bicyclic) bond motifs is 2. The van der Waals surface area contributed by atoms with Crippen LogP contribution in [0.2, 0.25) is 0 Å². The van der Waals surface area contributed by atoms with Gasteiger partial charge in [-0.05, 0) is 45.0 Å². The Morgan fingerprint density at radius 1 is 1.12 bits per heavy atom. The third-order valence-electron chi connectivity index (χ3n) is 6.61. The molecule has 1 aliphatic heterocycles. The third-order valence-corrected chi connectivity index (χ3v) is 6.61. The summed E-state index contributed by atoms with van der Waals surface area (Å²) < 4.78 is 74.3. The highest BCUT2D eigenvalue weighted by atomic mass is 19.4. The van der Waals surface area contributed by atoms with Crippen LogP contribution >= 0.6 is 0 Å². The summed E-state index contributed by atoms with van der Waals surface area (Å²) in [5, 5.41) is 14.7. The molecule has 1 aliphatic rings. The molecule has 1 aromatic carbocycles. The number of rotatable bonds is 7. The molecule has 3 aromatic heterocycles. The van der Waals surface area contributed by atoms with Crippen molar-refractivity contribution in [3.8, 4) is 17.3 Å². The minimum absolute atomic E-state index is 0.0167. The summed E-state index contributed by atoms with van der Waals surface area (Å²) in [6.45, 7) is 3.47. The zero-order chi connectivity index (χ0) is 29.0. The number of alkyl halides is 3. The molecule has 1 unspecified atom stereocenters. The fourth-order valence-electron chi connectivity index (χ4n) is 4.42. The fourth-order valence-corrected chi connectivity index (χ4v) is 4.42. The molecule has 0 saturated heterocycles. The van der Waals surface area contributed by atoms with Crippen LogP contribution in [0.1, 0.15) is 30.7 Å². The molecule has 0 bridgehead atoms. The first-order chi connectivity index (χ1) is 18.8. The molecule has 14 heteroatoms. The second-order valence-electron chi connectivity index (χ2n) is 9.74.